The first kappa shape index (κ1) is 19.0. The van der Waals surface area contributed by atoms with E-state index in [0.29, 0.717) is 6.26 Å². The van der Waals surface area contributed by atoms with Crippen molar-refractivity contribution in [2.24, 2.45) is 0 Å². The van der Waals surface area contributed by atoms with Gasteiger partial charge in [-0.25, -0.2) is 0 Å². The summed E-state index contributed by atoms with van der Waals surface area (Å²) < 4.78 is 25.9. The van der Waals surface area contributed by atoms with Gasteiger partial charge < -0.3 is 15.3 Å². The minimum Gasteiger partial charge on any atom is -0.481 e. The van der Waals surface area contributed by atoms with Gasteiger partial charge in [-0.3, -0.25) is 9.35 Å². The van der Waals surface area contributed by atoms with Crippen LogP contribution >= 0.6 is 0 Å². The molecule has 0 aliphatic rings. The number of rotatable bonds is 2. The molecule has 0 amide bonds. The number of carboxylic acid groups (broad SMARTS) is 1. The number of hydrogen-bond acceptors (Lipinski definition) is 5. The summed E-state index contributed by atoms with van der Waals surface area (Å²) in [5.74, 6) is -0.745. The molecular weight excluding hydrogens is 216 g/mol. The van der Waals surface area contributed by atoms with Crippen LogP contribution in [0.4, 0.5) is 0 Å². The molecule has 14 heavy (non-hydrogen) atoms. The van der Waals surface area contributed by atoms with Crippen molar-refractivity contribution in [3.05, 3.63) is 0 Å². The van der Waals surface area contributed by atoms with Crippen LogP contribution in [0.15, 0.2) is 0 Å². The maximum absolute atomic E-state index is 9.37. The van der Waals surface area contributed by atoms with Crippen molar-refractivity contribution >= 4 is 16.1 Å². The second-order valence-electron chi connectivity index (χ2n) is 1.93. The van der Waals surface area contributed by atoms with Crippen LogP contribution in [0.2, 0.25) is 0 Å². The van der Waals surface area contributed by atoms with Gasteiger partial charge in [-0.15, -0.1) is 0 Å². The van der Waals surface area contributed by atoms with Crippen LogP contribution in [-0.4, -0.2) is 53.7 Å². The van der Waals surface area contributed by atoms with Crippen molar-refractivity contribution in [3.63, 3.8) is 0 Å². The van der Waals surface area contributed by atoms with Crippen LogP contribution in [0.3, 0.4) is 0 Å². The van der Waals surface area contributed by atoms with Gasteiger partial charge in [-0.2, -0.15) is 8.42 Å². The number of hydrogen-bond donors (Lipinski definition) is 4. The molecule has 0 saturated heterocycles. The average Bonchev–Trinajstić information content (AvgIpc) is 2.02. The van der Waals surface area contributed by atoms with Crippen molar-refractivity contribution < 1.29 is 33.1 Å². The molecule has 0 aromatic rings. The molecule has 8 heteroatoms. The van der Waals surface area contributed by atoms with E-state index in [1.54, 1.807) is 6.92 Å². The van der Waals surface area contributed by atoms with E-state index in [0.717, 1.165) is 0 Å². The van der Waals surface area contributed by atoms with Crippen LogP contribution < -0.4 is 0 Å². The third kappa shape index (κ3) is 227. The summed E-state index contributed by atoms with van der Waals surface area (Å²) in [6, 6.07) is 0. The molecule has 0 aromatic heterocycles. The second kappa shape index (κ2) is 12.3. The lowest BCUT2D eigenvalue weighted by Crippen LogP contribution is -1.88. The number of aliphatic hydroxyl groups is 2. The van der Waals surface area contributed by atoms with Crippen LogP contribution in [0.25, 0.3) is 0 Å². The first-order valence-electron chi connectivity index (χ1n) is 3.55. The van der Waals surface area contributed by atoms with Gasteiger partial charge in [0, 0.05) is 6.42 Å². The molecule has 0 rings (SSSR count). The van der Waals surface area contributed by atoms with E-state index in [2.05, 4.69) is 0 Å². The van der Waals surface area contributed by atoms with Crippen molar-refractivity contribution in [2.45, 2.75) is 13.3 Å². The molecule has 0 fully saturated rings. The molecule has 0 spiro atoms. The van der Waals surface area contributed by atoms with E-state index in [1.165, 1.54) is 0 Å². The number of aliphatic carboxylic acids is 1. The van der Waals surface area contributed by atoms with E-state index in [4.69, 9.17) is 19.9 Å². The SMILES string of the molecule is CCC(=O)O.CS(=O)(=O)O.OCCO. The van der Waals surface area contributed by atoms with Crippen molar-refractivity contribution in [1.82, 2.24) is 0 Å². The largest absolute Gasteiger partial charge is 0.481 e. The zero-order valence-electron chi connectivity index (χ0n) is 8.04. The maximum atomic E-state index is 9.37. The lowest BCUT2D eigenvalue weighted by molar-refractivity contribution is -0.136. The van der Waals surface area contributed by atoms with Gasteiger partial charge in [0.15, 0.2) is 0 Å². The molecule has 0 aliphatic heterocycles. The highest BCUT2D eigenvalue weighted by molar-refractivity contribution is 7.85. The monoisotopic (exact) mass is 232 g/mol. The molecule has 0 radical (unpaired) electrons. The molecule has 0 atom stereocenters. The Morgan fingerprint density at radius 1 is 1.21 bits per heavy atom. The van der Waals surface area contributed by atoms with Gasteiger partial charge in [0.25, 0.3) is 10.1 Å². The highest BCUT2D eigenvalue weighted by Gasteiger charge is 1.81. The molecule has 0 bridgehead atoms. The molecule has 88 valence electrons. The number of carbonyl (C=O) groups is 1. The van der Waals surface area contributed by atoms with Crippen LogP contribution in [-0.2, 0) is 14.9 Å². The van der Waals surface area contributed by atoms with E-state index < -0.39 is 16.1 Å². The first-order valence-corrected chi connectivity index (χ1v) is 5.39. The quantitative estimate of drug-likeness (QED) is 0.447. The van der Waals surface area contributed by atoms with Gasteiger partial charge in [-0.1, -0.05) is 6.92 Å². The molecule has 0 aromatic carbocycles. The molecular formula is C6H16O7S. The molecule has 7 nitrogen and oxygen atoms in total. The summed E-state index contributed by atoms with van der Waals surface area (Å²) >= 11 is 0. The fourth-order valence-electron chi connectivity index (χ4n) is 0. The van der Waals surface area contributed by atoms with Gasteiger partial charge in [0.05, 0.1) is 19.5 Å². The Labute approximate surface area is 82.7 Å². The van der Waals surface area contributed by atoms with Crippen molar-refractivity contribution in [2.75, 3.05) is 19.5 Å². The molecule has 0 saturated carbocycles. The summed E-state index contributed by atoms with van der Waals surface area (Å²) in [4.78, 5) is 9.37. The Balaban J connectivity index is -0.000000131. The average molecular weight is 232 g/mol. The molecule has 0 unspecified atom stereocenters. The lowest BCUT2D eigenvalue weighted by atomic mass is 10.5. The second-order valence-corrected chi connectivity index (χ2v) is 3.39. The van der Waals surface area contributed by atoms with Gasteiger partial charge >= 0.3 is 5.97 Å². The first-order chi connectivity index (χ1) is 6.18. The Morgan fingerprint density at radius 3 is 1.36 bits per heavy atom. The Hall–Kier alpha value is -0.700. The van der Waals surface area contributed by atoms with E-state index in [-0.39, 0.29) is 19.6 Å². The zero-order chi connectivity index (χ0) is 12.2. The predicted molar refractivity (Wildman–Crippen MR) is 49.6 cm³/mol. The number of carboxylic acids is 1. The minimum absolute atomic E-state index is 0.125. The normalized spacial score (nSPS) is 8.93. The van der Waals surface area contributed by atoms with Crippen LogP contribution in [0.5, 0.6) is 0 Å². The highest BCUT2D eigenvalue weighted by Crippen LogP contribution is 1.67. The lowest BCUT2D eigenvalue weighted by Gasteiger charge is -1.71. The smallest absolute Gasteiger partial charge is 0.303 e. The minimum atomic E-state index is -3.67. The zero-order valence-corrected chi connectivity index (χ0v) is 8.86. The Bertz CT molecular complexity index is 198. The van der Waals surface area contributed by atoms with Gasteiger partial charge in [-0.05, 0) is 0 Å². The summed E-state index contributed by atoms with van der Waals surface area (Å²) in [6.45, 7) is 1.35. The van der Waals surface area contributed by atoms with E-state index in [9.17, 15) is 13.2 Å². The summed E-state index contributed by atoms with van der Waals surface area (Å²) in [5, 5.41) is 23.0. The van der Waals surface area contributed by atoms with Crippen molar-refractivity contribution in [1.29, 1.82) is 0 Å². The highest BCUT2D eigenvalue weighted by atomic mass is 32.2. The van der Waals surface area contributed by atoms with Crippen LogP contribution in [0, 0.1) is 0 Å². The van der Waals surface area contributed by atoms with Crippen molar-refractivity contribution in [3.8, 4) is 0 Å². The summed E-state index contributed by atoms with van der Waals surface area (Å²) in [5.41, 5.74) is 0. The third-order valence-corrected chi connectivity index (χ3v) is 0.402. The van der Waals surface area contributed by atoms with E-state index >= 15 is 0 Å². The van der Waals surface area contributed by atoms with Crippen LogP contribution in [0.1, 0.15) is 13.3 Å². The molecule has 0 heterocycles. The molecule has 0 aliphatic carbocycles. The predicted octanol–water partition coefficient (Wildman–Crippen LogP) is -1.04. The standard InChI is InChI=1S/C3H6O2.C2H6O2.CH4O3S/c1-2-3(4)5;3-1-2-4;1-5(2,3)4/h2H2,1H3,(H,4,5);3-4H,1-2H2;1H3,(H,2,3,4). The maximum Gasteiger partial charge on any atom is 0.303 e. The fourth-order valence-corrected chi connectivity index (χ4v) is 0. The molecule has 4 N–H and O–H groups in total. The summed E-state index contributed by atoms with van der Waals surface area (Å²) in [6.07, 6.45) is 0.937. The topological polar surface area (TPSA) is 132 Å². The van der Waals surface area contributed by atoms with E-state index in [1.807, 2.05) is 0 Å². The number of aliphatic hydroxyl groups excluding tert-OH is 2. The Morgan fingerprint density at radius 2 is 1.36 bits per heavy atom. The third-order valence-electron chi connectivity index (χ3n) is 0.402. The fraction of sp³-hybridized carbons (Fsp3) is 0.833. The van der Waals surface area contributed by atoms with Gasteiger partial charge in [0.1, 0.15) is 0 Å². The van der Waals surface area contributed by atoms with Gasteiger partial charge in [0.2, 0.25) is 0 Å². The Kier molecular flexibility index (Phi) is 16.7. The summed E-state index contributed by atoms with van der Waals surface area (Å²) in [7, 11) is -3.67.